The minimum atomic E-state index is -1.24. The average Bonchev–Trinajstić information content (AvgIpc) is 3.83. The van der Waals surface area contributed by atoms with Crippen LogP contribution in [0.3, 0.4) is 0 Å². The van der Waals surface area contributed by atoms with E-state index in [1.807, 2.05) is 18.7 Å². The van der Waals surface area contributed by atoms with Gasteiger partial charge in [0.05, 0.1) is 36.9 Å². The number of ether oxygens (including phenoxy) is 6. The van der Waals surface area contributed by atoms with E-state index in [1.165, 1.54) is 6.08 Å². The van der Waals surface area contributed by atoms with Gasteiger partial charge in [-0.2, -0.15) is 0 Å². The van der Waals surface area contributed by atoms with Gasteiger partial charge in [0.1, 0.15) is 36.8 Å². The van der Waals surface area contributed by atoms with E-state index < -0.39 is 85.1 Å². The third kappa shape index (κ3) is 9.82. The van der Waals surface area contributed by atoms with Crippen molar-refractivity contribution in [2.45, 2.75) is 154 Å². The van der Waals surface area contributed by atoms with Crippen molar-refractivity contribution < 1.29 is 57.8 Å². The fraction of sp³-hybridized carbons (Fsp3) is 0.833. The number of aliphatic hydroxyl groups excluding tert-OH is 2. The summed E-state index contributed by atoms with van der Waals surface area (Å²) in [5.41, 5.74) is 0. The van der Waals surface area contributed by atoms with Crippen molar-refractivity contribution in [3.63, 3.8) is 0 Å². The van der Waals surface area contributed by atoms with Crippen molar-refractivity contribution in [3.05, 3.63) is 12.2 Å². The Morgan fingerprint density at radius 2 is 1.69 bits per heavy atom. The van der Waals surface area contributed by atoms with E-state index in [-0.39, 0.29) is 49.0 Å². The normalized spacial score (nSPS) is 44.3. The topological polar surface area (TPSA) is 171 Å². The van der Waals surface area contributed by atoms with Gasteiger partial charge in [0.2, 0.25) is 0 Å². The molecule has 0 bridgehead atoms. The maximum absolute atomic E-state index is 13.3. The van der Waals surface area contributed by atoms with Crippen LogP contribution in [-0.4, -0.2) is 127 Å². The second-order valence-electron chi connectivity index (χ2n) is 14.6. The van der Waals surface area contributed by atoms with Gasteiger partial charge in [-0.15, -0.1) is 0 Å². The molecule has 3 fully saturated rings. The summed E-state index contributed by atoms with van der Waals surface area (Å²) in [6.07, 6.45) is -2.78. The summed E-state index contributed by atoms with van der Waals surface area (Å²) in [5, 5.41) is 23.2. The number of aliphatic hydroxyl groups is 2. The second-order valence-corrected chi connectivity index (χ2v) is 14.6. The van der Waals surface area contributed by atoms with Gasteiger partial charge >= 0.3 is 5.97 Å². The molecule has 0 saturated carbocycles. The molecular formula is C36H57NO12. The van der Waals surface area contributed by atoms with Crippen molar-refractivity contribution in [2.24, 2.45) is 23.7 Å². The molecular weight excluding hydrogens is 638 g/mol. The Bertz CT molecular complexity index is 1180. The molecule has 13 nitrogen and oxygen atoms in total. The summed E-state index contributed by atoms with van der Waals surface area (Å²) in [7, 11) is 3.60. The maximum Gasteiger partial charge on any atom is 0.308 e. The molecule has 0 aromatic heterocycles. The Balaban J connectivity index is 1.60. The predicted molar refractivity (Wildman–Crippen MR) is 176 cm³/mol. The molecule has 4 heterocycles. The largest absolute Gasteiger partial charge is 0.462 e. The highest BCUT2D eigenvalue weighted by molar-refractivity contribution is 5.91. The lowest BCUT2D eigenvalue weighted by molar-refractivity contribution is -0.327. The molecule has 0 aromatic rings. The number of esters is 1. The molecule has 3 saturated heterocycles. The summed E-state index contributed by atoms with van der Waals surface area (Å²) in [6, 6.07) is -0.622. The minimum Gasteiger partial charge on any atom is -0.462 e. The molecule has 4 aliphatic heterocycles. The number of cyclic esters (lactones) is 1. The number of nitrogens with zero attached hydrogens (tertiary/aromatic N) is 1. The number of fused-ring (bicyclic) bond motifs is 1. The molecule has 2 N–H and O–H groups in total. The number of likely N-dealkylation sites (N-methyl/N-ethyl adjacent to an activating group) is 1. The number of rotatable bonds is 8. The van der Waals surface area contributed by atoms with E-state index in [9.17, 15) is 29.4 Å². The highest BCUT2D eigenvalue weighted by atomic mass is 16.7. The number of aldehydes is 1. The van der Waals surface area contributed by atoms with Crippen molar-refractivity contribution in [3.8, 4) is 0 Å². The van der Waals surface area contributed by atoms with Crippen molar-refractivity contribution in [2.75, 3.05) is 14.1 Å². The zero-order valence-electron chi connectivity index (χ0n) is 30.1. The van der Waals surface area contributed by atoms with Crippen LogP contribution in [0.15, 0.2) is 12.2 Å². The monoisotopic (exact) mass is 695 g/mol. The Hall–Kier alpha value is -2.10. The number of allylic oxidation sites excluding steroid dienone is 1. The van der Waals surface area contributed by atoms with E-state index in [0.29, 0.717) is 19.3 Å². The summed E-state index contributed by atoms with van der Waals surface area (Å²) in [4.78, 5) is 52.2. The summed E-state index contributed by atoms with van der Waals surface area (Å²) in [5.74, 6) is -2.61. The second kappa shape index (κ2) is 17.4. The summed E-state index contributed by atoms with van der Waals surface area (Å²) >= 11 is 0. The first kappa shape index (κ1) is 39.7. The lowest BCUT2D eigenvalue weighted by atomic mass is 9.79. The number of Topliss-reactive ketones (excluding diaryl/α,β-unsaturated/α-hetero) is 1. The third-order valence-corrected chi connectivity index (χ3v) is 10.7. The molecule has 278 valence electrons. The molecule has 16 atom stereocenters. The first-order chi connectivity index (χ1) is 23.2. The van der Waals surface area contributed by atoms with Gasteiger partial charge in [0.25, 0.3) is 0 Å². The van der Waals surface area contributed by atoms with Crippen LogP contribution >= 0.6 is 0 Å². The SMILES string of the molecule is CCC1OC(=O)CC(O)C(C)C(OC2OC(C)C(OC3CCC(=O)C(C)O3)C(N(C)C)C2O)C(CC=O)CC(C)C(=O)C=CC2OC2C1C. The fourth-order valence-electron chi connectivity index (χ4n) is 7.53. The lowest BCUT2D eigenvalue weighted by Crippen LogP contribution is -2.64. The van der Waals surface area contributed by atoms with E-state index in [0.717, 1.165) is 6.29 Å². The van der Waals surface area contributed by atoms with Crippen LogP contribution in [-0.2, 0) is 47.6 Å². The van der Waals surface area contributed by atoms with Gasteiger partial charge in [0.15, 0.2) is 24.1 Å². The van der Waals surface area contributed by atoms with E-state index in [1.54, 1.807) is 47.9 Å². The van der Waals surface area contributed by atoms with Gasteiger partial charge < -0.3 is 48.3 Å². The predicted octanol–water partition coefficient (Wildman–Crippen LogP) is 2.37. The van der Waals surface area contributed by atoms with Crippen LogP contribution in [0.25, 0.3) is 0 Å². The Kier molecular flexibility index (Phi) is 14.1. The lowest BCUT2D eigenvalue weighted by Gasteiger charge is -2.49. The van der Waals surface area contributed by atoms with Gasteiger partial charge in [-0.3, -0.25) is 14.4 Å². The Morgan fingerprint density at radius 1 is 0.980 bits per heavy atom. The summed E-state index contributed by atoms with van der Waals surface area (Å²) in [6.45, 7) is 10.8. The highest BCUT2D eigenvalue weighted by Gasteiger charge is 2.50. The molecule has 16 unspecified atom stereocenters. The van der Waals surface area contributed by atoms with Crippen molar-refractivity contribution in [1.82, 2.24) is 4.90 Å². The van der Waals surface area contributed by atoms with Crippen LogP contribution in [0.5, 0.6) is 0 Å². The first-order valence-electron chi connectivity index (χ1n) is 17.8. The maximum atomic E-state index is 13.3. The van der Waals surface area contributed by atoms with Crippen molar-refractivity contribution >= 4 is 23.8 Å². The number of hydrogen-bond acceptors (Lipinski definition) is 13. The number of ketones is 2. The average molecular weight is 696 g/mol. The zero-order valence-corrected chi connectivity index (χ0v) is 30.1. The molecule has 0 radical (unpaired) electrons. The molecule has 13 heteroatoms. The molecule has 0 spiro atoms. The molecule has 4 aliphatic rings. The standard InChI is InChI=1S/C36H57NO12/c1-9-27-20(4)34-28(47-34)12-10-24(39)18(2)16-23(14-15-38)33(19(3)26(41)17-29(42)46-27)49-36-32(43)31(37(7)8)35(22(6)45-36)48-30-13-11-25(40)21(5)44-30/h10,12,15,18-23,26-28,30-36,41,43H,9,11,13-14,16-17H2,1-8H3. The Morgan fingerprint density at radius 3 is 2.33 bits per heavy atom. The Labute approximate surface area is 289 Å². The van der Waals surface area contributed by atoms with Gasteiger partial charge in [-0.1, -0.05) is 27.7 Å². The van der Waals surface area contributed by atoms with E-state index in [2.05, 4.69) is 0 Å². The minimum absolute atomic E-state index is 0.00603. The van der Waals surface area contributed by atoms with E-state index >= 15 is 0 Å². The first-order valence-corrected chi connectivity index (χ1v) is 17.8. The zero-order chi connectivity index (χ0) is 36.2. The van der Waals surface area contributed by atoms with Crippen LogP contribution < -0.4 is 0 Å². The fourth-order valence-corrected chi connectivity index (χ4v) is 7.53. The van der Waals surface area contributed by atoms with Gasteiger partial charge in [0, 0.05) is 37.0 Å². The molecule has 49 heavy (non-hydrogen) atoms. The number of hydrogen-bond donors (Lipinski definition) is 2. The molecule has 0 aromatic carbocycles. The summed E-state index contributed by atoms with van der Waals surface area (Å²) < 4.78 is 36.5. The van der Waals surface area contributed by atoms with Crippen LogP contribution in [0.2, 0.25) is 0 Å². The van der Waals surface area contributed by atoms with Crippen LogP contribution in [0.1, 0.15) is 80.1 Å². The number of epoxide rings is 1. The van der Waals surface area contributed by atoms with E-state index in [4.69, 9.17) is 28.4 Å². The highest BCUT2D eigenvalue weighted by Crippen LogP contribution is 2.37. The third-order valence-electron chi connectivity index (χ3n) is 10.7. The van der Waals surface area contributed by atoms with Crippen LogP contribution in [0, 0.1) is 23.7 Å². The number of carbonyl (C=O) groups is 4. The van der Waals surface area contributed by atoms with Gasteiger partial charge in [-0.05, 0) is 58.9 Å². The van der Waals surface area contributed by atoms with Gasteiger partial charge in [-0.25, -0.2) is 0 Å². The van der Waals surface area contributed by atoms with Crippen LogP contribution in [0.4, 0.5) is 0 Å². The molecule has 0 amide bonds. The number of carbonyl (C=O) groups excluding carboxylic acids is 4. The quantitative estimate of drug-likeness (QED) is 0.216. The smallest absolute Gasteiger partial charge is 0.308 e. The molecule has 0 aliphatic carbocycles. The molecule has 4 rings (SSSR count). The van der Waals surface area contributed by atoms with Crippen molar-refractivity contribution in [1.29, 1.82) is 0 Å².